The highest BCUT2D eigenvalue weighted by molar-refractivity contribution is 6.22. The van der Waals surface area contributed by atoms with Crippen LogP contribution in [0.25, 0.3) is 0 Å². The molecule has 1 aromatic carbocycles. The number of carbonyl (C=O) groups is 2. The first-order valence-corrected chi connectivity index (χ1v) is 8.22. The molecule has 3 saturated heterocycles. The zero-order valence-corrected chi connectivity index (χ0v) is 13.2. The SMILES string of the molecule is O=C1C[C@H](N2CCC3(CC2)OCCO3)C(=O)N1c1ccc(F)cc1. The predicted molar refractivity (Wildman–Crippen MR) is 82.7 cm³/mol. The fourth-order valence-corrected chi connectivity index (χ4v) is 3.72. The molecule has 0 aliphatic carbocycles. The van der Waals surface area contributed by atoms with Gasteiger partial charge in [0.05, 0.1) is 31.4 Å². The number of ether oxygens (including phenoxy) is 2. The van der Waals surface area contributed by atoms with Crippen molar-refractivity contribution < 1.29 is 23.5 Å². The Kier molecular flexibility index (Phi) is 3.86. The number of nitrogens with zero attached hydrogens (tertiary/aromatic N) is 2. The number of piperidine rings is 1. The van der Waals surface area contributed by atoms with Crippen LogP contribution in [0.3, 0.4) is 0 Å². The van der Waals surface area contributed by atoms with E-state index in [2.05, 4.69) is 0 Å². The molecule has 0 N–H and O–H groups in total. The monoisotopic (exact) mass is 334 g/mol. The first-order chi connectivity index (χ1) is 11.6. The number of halogens is 1. The minimum Gasteiger partial charge on any atom is -0.347 e. The predicted octanol–water partition coefficient (Wildman–Crippen LogP) is 1.30. The smallest absolute Gasteiger partial charge is 0.251 e. The lowest BCUT2D eigenvalue weighted by molar-refractivity contribution is -0.188. The van der Waals surface area contributed by atoms with Gasteiger partial charge in [-0.3, -0.25) is 14.5 Å². The zero-order chi connectivity index (χ0) is 16.7. The Morgan fingerprint density at radius 2 is 1.67 bits per heavy atom. The molecule has 3 heterocycles. The van der Waals surface area contributed by atoms with Crippen molar-refractivity contribution in [1.29, 1.82) is 0 Å². The Bertz CT molecular complexity index is 647. The second-order valence-corrected chi connectivity index (χ2v) is 6.41. The van der Waals surface area contributed by atoms with Crippen LogP contribution in [0.4, 0.5) is 10.1 Å². The van der Waals surface area contributed by atoms with Gasteiger partial charge in [0, 0.05) is 25.9 Å². The van der Waals surface area contributed by atoms with Gasteiger partial charge in [0.25, 0.3) is 5.91 Å². The van der Waals surface area contributed by atoms with Crippen LogP contribution in [0.2, 0.25) is 0 Å². The van der Waals surface area contributed by atoms with Crippen LogP contribution < -0.4 is 4.90 Å². The van der Waals surface area contributed by atoms with Gasteiger partial charge < -0.3 is 9.47 Å². The van der Waals surface area contributed by atoms with Crippen molar-refractivity contribution in [1.82, 2.24) is 4.90 Å². The standard InChI is InChI=1S/C17H19FN2O4/c18-12-1-3-13(4-2-12)20-15(21)11-14(16(20)22)19-7-5-17(6-8-19)23-9-10-24-17/h1-4,14H,5-11H2/t14-/m0/s1. The summed E-state index contributed by atoms with van der Waals surface area (Å²) < 4.78 is 24.5. The van der Waals surface area contributed by atoms with Gasteiger partial charge in [-0.1, -0.05) is 0 Å². The Morgan fingerprint density at radius 1 is 1.04 bits per heavy atom. The van der Waals surface area contributed by atoms with Crippen molar-refractivity contribution in [3.8, 4) is 0 Å². The van der Waals surface area contributed by atoms with Gasteiger partial charge >= 0.3 is 0 Å². The van der Waals surface area contributed by atoms with Crippen LogP contribution in [0.15, 0.2) is 24.3 Å². The van der Waals surface area contributed by atoms with Gasteiger partial charge in [0.15, 0.2) is 5.79 Å². The van der Waals surface area contributed by atoms with Crippen LogP contribution in [0, 0.1) is 5.82 Å². The highest BCUT2D eigenvalue weighted by Crippen LogP contribution is 2.34. The summed E-state index contributed by atoms with van der Waals surface area (Å²) in [4.78, 5) is 28.2. The maximum Gasteiger partial charge on any atom is 0.251 e. The Balaban J connectivity index is 1.47. The summed E-state index contributed by atoms with van der Waals surface area (Å²) in [7, 11) is 0. The molecule has 7 heteroatoms. The first-order valence-electron chi connectivity index (χ1n) is 8.22. The normalized spacial score (nSPS) is 27.4. The Morgan fingerprint density at radius 3 is 2.29 bits per heavy atom. The quantitative estimate of drug-likeness (QED) is 0.763. The Labute approximate surface area is 139 Å². The van der Waals surface area contributed by atoms with Gasteiger partial charge in [-0.05, 0) is 24.3 Å². The van der Waals surface area contributed by atoms with Crippen molar-refractivity contribution in [3.05, 3.63) is 30.1 Å². The van der Waals surface area contributed by atoms with E-state index in [4.69, 9.17) is 9.47 Å². The number of hydrogen-bond donors (Lipinski definition) is 0. The fraction of sp³-hybridized carbons (Fsp3) is 0.529. The van der Waals surface area contributed by atoms with E-state index in [-0.39, 0.29) is 18.2 Å². The van der Waals surface area contributed by atoms with Gasteiger partial charge in [-0.15, -0.1) is 0 Å². The van der Waals surface area contributed by atoms with Crippen molar-refractivity contribution in [2.24, 2.45) is 0 Å². The molecule has 0 radical (unpaired) electrons. The highest BCUT2D eigenvalue weighted by Gasteiger charge is 2.47. The summed E-state index contributed by atoms with van der Waals surface area (Å²) in [6.45, 7) is 2.53. The molecule has 4 rings (SSSR count). The van der Waals surface area contributed by atoms with E-state index >= 15 is 0 Å². The van der Waals surface area contributed by atoms with Crippen LogP contribution in [-0.4, -0.2) is 54.8 Å². The van der Waals surface area contributed by atoms with E-state index in [9.17, 15) is 14.0 Å². The topological polar surface area (TPSA) is 59.1 Å². The molecule has 6 nitrogen and oxygen atoms in total. The zero-order valence-electron chi connectivity index (χ0n) is 13.2. The third-order valence-electron chi connectivity index (χ3n) is 5.02. The molecular formula is C17H19FN2O4. The fourth-order valence-electron chi connectivity index (χ4n) is 3.72. The molecular weight excluding hydrogens is 315 g/mol. The molecule has 0 saturated carbocycles. The van der Waals surface area contributed by atoms with Gasteiger partial charge in [-0.25, -0.2) is 9.29 Å². The maximum atomic E-state index is 13.1. The van der Waals surface area contributed by atoms with Crippen LogP contribution in [0.5, 0.6) is 0 Å². The molecule has 128 valence electrons. The third kappa shape index (κ3) is 2.62. The van der Waals surface area contributed by atoms with E-state index in [0.717, 1.165) is 4.90 Å². The van der Waals surface area contributed by atoms with Crippen molar-refractivity contribution in [2.45, 2.75) is 31.1 Å². The second-order valence-electron chi connectivity index (χ2n) is 6.41. The molecule has 3 aliphatic heterocycles. The molecule has 3 fully saturated rings. The van der Waals surface area contributed by atoms with Crippen LogP contribution >= 0.6 is 0 Å². The number of rotatable bonds is 2. The summed E-state index contributed by atoms with van der Waals surface area (Å²) in [5.41, 5.74) is 0.421. The van der Waals surface area contributed by atoms with E-state index in [0.29, 0.717) is 44.8 Å². The largest absolute Gasteiger partial charge is 0.347 e. The molecule has 1 atom stereocenters. The molecule has 3 aliphatic rings. The molecule has 0 aromatic heterocycles. The molecule has 0 unspecified atom stereocenters. The molecule has 0 bridgehead atoms. The average Bonchev–Trinajstić information content (AvgIpc) is 3.15. The number of benzene rings is 1. The van der Waals surface area contributed by atoms with E-state index in [1.807, 2.05) is 4.90 Å². The van der Waals surface area contributed by atoms with E-state index in [1.165, 1.54) is 24.3 Å². The van der Waals surface area contributed by atoms with Crippen molar-refractivity contribution in [2.75, 3.05) is 31.2 Å². The third-order valence-corrected chi connectivity index (χ3v) is 5.02. The lowest BCUT2D eigenvalue weighted by Crippen LogP contribution is -2.51. The Hall–Kier alpha value is -1.83. The molecule has 2 amide bonds. The first kappa shape index (κ1) is 15.7. The summed E-state index contributed by atoms with van der Waals surface area (Å²) in [5, 5.41) is 0. The summed E-state index contributed by atoms with van der Waals surface area (Å²) in [6, 6.07) is 4.96. The summed E-state index contributed by atoms with van der Waals surface area (Å²) in [6.07, 6.45) is 1.55. The lowest BCUT2D eigenvalue weighted by Gasteiger charge is -2.39. The number of likely N-dealkylation sites (tertiary alicyclic amines) is 1. The summed E-state index contributed by atoms with van der Waals surface area (Å²) in [5.74, 6) is -1.38. The van der Waals surface area contributed by atoms with E-state index in [1.54, 1.807) is 0 Å². The lowest BCUT2D eigenvalue weighted by atomic mass is 10.0. The molecule has 1 spiro atoms. The minimum absolute atomic E-state index is 0.158. The number of anilines is 1. The van der Waals surface area contributed by atoms with Gasteiger partial charge in [-0.2, -0.15) is 0 Å². The van der Waals surface area contributed by atoms with Crippen molar-refractivity contribution in [3.63, 3.8) is 0 Å². The average molecular weight is 334 g/mol. The van der Waals surface area contributed by atoms with Crippen LogP contribution in [-0.2, 0) is 19.1 Å². The summed E-state index contributed by atoms with van der Waals surface area (Å²) >= 11 is 0. The van der Waals surface area contributed by atoms with Gasteiger partial charge in [0.1, 0.15) is 5.82 Å². The van der Waals surface area contributed by atoms with Gasteiger partial charge in [0.2, 0.25) is 5.91 Å². The molecule has 1 aromatic rings. The number of imide groups is 1. The maximum absolute atomic E-state index is 13.1. The number of amides is 2. The minimum atomic E-state index is -0.501. The molecule has 24 heavy (non-hydrogen) atoms. The number of carbonyl (C=O) groups excluding carboxylic acids is 2. The second kappa shape index (κ2) is 5.91. The number of hydrogen-bond acceptors (Lipinski definition) is 5. The van der Waals surface area contributed by atoms with Crippen molar-refractivity contribution >= 4 is 17.5 Å². The van der Waals surface area contributed by atoms with Crippen LogP contribution in [0.1, 0.15) is 19.3 Å². The highest BCUT2D eigenvalue weighted by atomic mass is 19.1. The van der Waals surface area contributed by atoms with E-state index < -0.39 is 17.6 Å².